The Morgan fingerprint density at radius 3 is 2.35 bits per heavy atom. The fourth-order valence-electron chi connectivity index (χ4n) is 0.905. The summed E-state index contributed by atoms with van der Waals surface area (Å²) in [6, 6.07) is -0.995. The number of carboxylic acids is 1. The van der Waals surface area contributed by atoms with Gasteiger partial charge < -0.3 is 15.3 Å². The number of amides is 2. The molecule has 0 aliphatic carbocycles. The van der Waals surface area contributed by atoms with E-state index in [2.05, 4.69) is 10.6 Å². The van der Waals surface area contributed by atoms with Gasteiger partial charge in [0.05, 0.1) is 6.54 Å². The second-order valence-corrected chi connectivity index (χ2v) is 3.51. The first-order valence-electron chi connectivity index (χ1n) is 4.83. The minimum absolute atomic E-state index is 0.212. The zero-order valence-electron chi connectivity index (χ0n) is 9.90. The molecule has 0 rings (SSSR count). The third kappa shape index (κ3) is 6.13. The number of nitrogens with one attached hydrogen (secondary N) is 3. The number of hydrogen-bond acceptors (Lipinski definition) is 4. The van der Waals surface area contributed by atoms with Crippen LogP contribution < -0.4 is 10.6 Å². The van der Waals surface area contributed by atoms with Gasteiger partial charge in [-0.1, -0.05) is 0 Å². The molecule has 0 spiro atoms. The number of rotatable bonds is 4. The van der Waals surface area contributed by atoms with Gasteiger partial charge in [0.1, 0.15) is 6.04 Å². The first kappa shape index (κ1) is 14.9. The third-order valence-electron chi connectivity index (χ3n) is 1.80. The lowest BCUT2D eigenvalue weighted by molar-refractivity contribution is -0.141. The summed E-state index contributed by atoms with van der Waals surface area (Å²) in [6.07, 6.45) is 0. The van der Waals surface area contributed by atoms with Crippen molar-refractivity contribution < 1.29 is 19.5 Å². The van der Waals surface area contributed by atoms with Crippen LogP contribution in [-0.2, 0) is 14.4 Å². The van der Waals surface area contributed by atoms with Gasteiger partial charge in [-0.05, 0) is 6.92 Å². The van der Waals surface area contributed by atoms with Gasteiger partial charge in [0, 0.05) is 14.0 Å². The summed E-state index contributed by atoms with van der Waals surface area (Å²) in [4.78, 5) is 33.6. The number of nitrogens with zero attached hydrogens (tertiary/aromatic N) is 1. The largest absolute Gasteiger partial charge is 0.480 e. The Labute approximate surface area is 98.5 Å². The summed E-state index contributed by atoms with van der Waals surface area (Å²) in [7, 11) is 1.43. The number of hydrogen-bond donors (Lipinski definition) is 4. The standard InChI is InChI=1S/C9H16N4O4/c1-5(8(16)17)11-7(15)4-13(3)9(10)12-6(2)14/h5H,4H2,1-3H3,(H,11,15)(H,16,17)(H2,10,12,14). The van der Waals surface area contributed by atoms with Crippen LogP contribution in [0.1, 0.15) is 13.8 Å². The average Bonchev–Trinajstić information content (AvgIpc) is 2.15. The van der Waals surface area contributed by atoms with Crippen LogP contribution in [-0.4, -0.2) is 53.4 Å². The molecule has 8 nitrogen and oxygen atoms in total. The van der Waals surface area contributed by atoms with E-state index in [1.54, 1.807) is 0 Å². The van der Waals surface area contributed by atoms with E-state index in [0.717, 1.165) is 0 Å². The van der Waals surface area contributed by atoms with Gasteiger partial charge in [0.2, 0.25) is 11.8 Å². The molecule has 0 aromatic heterocycles. The highest BCUT2D eigenvalue weighted by Gasteiger charge is 2.16. The van der Waals surface area contributed by atoms with Gasteiger partial charge in [-0.3, -0.25) is 25.1 Å². The Balaban J connectivity index is 4.16. The quantitative estimate of drug-likeness (QED) is 0.357. The van der Waals surface area contributed by atoms with Crippen molar-refractivity contribution in [3.8, 4) is 0 Å². The summed E-state index contributed by atoms with van der Waals surface area (Å²) >= 11 is 0. The van der Waals surface area contributed by atoms with Gasteiger partial charge in [-0.25, -0.2) is 0 Å². The Morgan fingerprint density at radius 1 is 1.41 bits per heavy atom. The van der Waals surface area contributed by atoms with Crippen LogP contribution in [0.2, 0.25) is 0 Å². The molecule has 0 bridgehead atoms. The van der Waals surface area contributed by atoms with Crippen molar-refractivity contribution in [2.45, 2.75) is 19.9 Å². The molecule has 17 heavy (non-hydrogen) atoms. The minimum atomic E-state index is -1.14. The van der Waals surface area contributed by atoms with Crippen LogP contribution >= 0.6 is 0 Å². The molecule has 0 heterocycles. The van der Waals surface area contributed by atoms with Crippen molar-refractivity contribution in [3.63, 3.8) is 0 Å². The molecule has 2 amide bonds. The predicted octanol–water partition coefficient (Wildman–Crippen LogP) is -1.42. The van der Waals surface area contributed by atoms with Crippen molar-refractivity contribution in [3.05, 3.63) is 0 Å². The summed E-state index contributed by atoms with van der Waals surface area (Å²) in [5.41, 5.74) is 0. The molecule has 0 saturated heterocycles. The van der Waals surface area contributed by atoms with E-state index < -0.39 is 23.8 Å². The molecule has 1 atom stereocenters. The van der Waals surface area contributed by atoms with Gasteiger partial charge >= 0.3 is 5.97 Å². The van der Waals surface area contributed by atoms with Crippen molar-refractivity contribution in [2.24, 2.45) is 0 Å². The molecule has 0 radical (unpaired) electrons. The van der Waals surface area contributed by atoms with Crippen molar-refractivity contribution in [1.29, 1.82) is 5.41 Å². The molecular formula is C9H16N4O4. The highest BCUT2D eigenvalue weighted by atomic mass is 16.4. The van der Waals surface area contributed by atoms with Crippen molar-refractivity contribution in [1.82, 2.24) is 15.5 Å². The number of guanidine groups is 1. The topological polar surface area (TPSA) is 123 Å². The average molecular weight is 244 g/mol. The van der Waals surface area contributed by atoms with E-state index >= 15 is 0 Å². The van der Waals surface area contributed by atoms with Gasteiger partial charge in [-0.15, -0.1) is 0 Å². The maximum Gasteiger partial charge on any atom is 0.325 e. The highest BCUT2D eigenvalue weighted by Crippen LogP contribution is 1.86. The lowest BCUT2D eigenvalue weighted by Gasteiger charge is -2.19. The number of carbonyl (C=O) groups excluding carboxylic acids is 2. The lowest BCUT2D eigenvalue weighted by Crippen LogP contribution is -2.47. The van der Waals surface area contributed by atoms with E-state index in [9.17, 15) is 14.4 Å². The second kappa shape index (κ2) is 6.46. The number of carboxylic acid groups (broad SMARTS) is 1. The maximum absolute atomic E-state index is 11.3. The molecule has 4 N–H and O–H groups in total. The normalized spacial score (nSPS) is 11.2. The molecule has 0 fully saturated rings. The smallest absolute Gasteiger partial charge is 0.325 e. The Kier molecular flexibility index (Phi) is 5.65. The van der Waals surface area contributed by atoms with E-state index in [1.807, 2.05) is 0 Å². The molecule has 0 aromatic rings. The monoisotopic (exact) mass is 244 g/mol. The first-order chi connectivity index (χ1) is 7.73. The van der Waals surface area contributed by atoms with Crippen LogP contribution in [0.25, 0.3) is 0 Å². The zero-order valence-corrected chi connectivity index (χ0v) is 9.90. The predicted molar refractivity (Wildman–Crippen MR) is 59.4 cm³/mol. The molecule has 0 aliphatic heterocycles. The Morgan fingerprint density at radius 2 is 1.94 bits per heavy atom. The van der Waals surface area contributed by atoms with Gasteiger partial charge in [0.25, 0.3) is 0 Å². The van der Waals surface area contributed by atoms with E-state index in [0.29, 0.717) is 0 Å². The minimum Gasteiger partial charge on any atom is -0.480 e. The molecule has 0 aromatic carbocycles. The number of carbonyl (C=O) groups is 3. The van der Waals surface area contributed by atoms with Crippen LogP contribution in [0, 0.1) is 5.41 Å². The van der Waals surface area contributed by atoms with Gasteiger partial charge in [0.15, 0.2) is 5.96 Å². The van der Waals surface area contributed by atoms with Crippen molar-refractivity contribution in [2.75, 3.05) is 13.6 Å². The fourth-order valence-corrected chi connectivity index (χ4v) is 0.905. The van der Waals surface area contributed by atoms with Crippen LogP contribution in [0.15, 0.2) is 0 Å². The molecule has 8 heteroatoms. The van der Waals surface area contributed by atoms with Crippen LogP contribution in [0.3, 0.4) is 0 Å². The Bertz CT molecular complexity index is 342. The van der Waals surface area contributed by atoms with E-state index in [4.69, 9.17) is 10.5 Å². The van der Waals surface area contributed by atoms with Crippen LogP contribution in [0.5, 0.6) is 0 Å². The van der Waals surface area contributed by atoms with Crippen LogP contribution in [0.4, 0.5) is 0 Å². The molecular weight excluding hydrogens is 228 g/mol. The summed E-state index contributed by atoms with van der Waals surface area (Å²) in [5.74, 6) is -2.33. The molecule has 96 valence electrons. The van der Waals surface area contributed by atoms with E-state index in [-0.39, 0.29) is 12.5 Å². The summed E-state index contributed by atoms with van der Waals surface area (Å²) in [5, 5.41) is 20.4. The third-order valence-corrected chi connectivity index (χ3v) is 1.80. The zero-order chi connectivity index (χ0) is 13.6. The van der Waals surface area contributed by atoms with Crippen molar-refractivity contribution >= 4 is 23.7 Å². The highest BCUT2D eigenvalue weighted by molar-refractivity contribution is 5.96. The molecule has 0 aliphatic rings. The lowest BCUT2D eigenvalue weighted by atomic mass is 10.3. The number of aliphatic carboxylic acids is 1. The SMILES string of the molecule is CC(=O)NC(=N)N(C)CC(=O)NC(C)C(=O)O. The molecule has 0 saturated carbocycles. The Hall–Kier alpha value is -2.12. The summed E-state index contributed by atoms with van der Waals surface area (Å²) in [6.45, 7) is 2.37. The number of likely N-dealkylation sites (N-methyl/N-ethyl adjacent to an activating group) is 1. The second-order valence-electron chi connectivity index (χ2n) is 3.51. The van der Waals surface area contributed by atoms with E-state index in [1.165, 1.54) is 25.8 Å². The summed E-state index contributed by atoms with van der Waals surface area (Å²) < 4.78 is 0. The van der Waals surface area contributed by atoms with Gasteiger partial charge in [-0.2, -0.15) is 0 Å². The maximum atomic E-state index is 11.3. The first-order valence-corrected chi connectivity index (χ1v) is 4.83. The fraction of sp³-hybridized carbons (Fsp3) is 0.556. The molecule has 1 unspecified atom stereocenters.